The van der Waals surface area contributed by atoms with E-state index < -0.39 is 28.5 Å². The molecule has 0 saturated carbocycles. The number of benzene rings is 3. The monoisotopic (exact) mass is 579 g/mol. The first-order valence-electron chi connectivity index (χ1n) is 13.8. The van der Waals surface area contributed by atoms with Crippen molar-refractivity contribution >= 4 is 27.5 Å². The van der Waals surface area contributed by atoms with Crippen molar-refractivity contribution in [2.24, 2.45) is 0 Å². The fourth-order valence-corrected chi connectivity index (χ4v) is 5.94. The van der Waals surface area contributed by atoms with Crippen molar-refractivity contribution in [3.63, 3.8) is 0 Å². The normalized spacial score (nSPS) is 12.0. The van der Waals surface area contributed by atoms with Crippen LogP contribution in [0.5, 0.6) is 5.75 Å². The fraction of sp³-hybridized carbons (Fsp3) is 0.375. The molecule has 41 heavy (non-hydrogen) atoms. The molecule has 0 saturated heterocycles. The van der Waals surface area contributed by atoms with Gasteiger partial charge in [-0.3, -0.25) is 13.9 Å². The molecule has 0 aliphatic rings. The molecular formula is C32H41N3O5S. The summed E-state index contributed by atoms with van der Waals surface area (Å²) in [4.78, 5) is 28.7. The minimum atomic E-state index is -4.11. The minimum Gasteiger partial charge on any atom is -0.497 e. The van der Waals surface area contributed by atoms with Gasteiger partial charge < -0.3 is 15.0 Å². The van der Waals surface area contributed by atoms with Crippen molar-refractivity contribution in [2.75, 3.05) is 24.5 Å². The summed E-state index contributed by atoms with van der Waals surface area (Å²) < 4.78 is 34.5. The average Bonchev–Trinajstić information content (AvgIpc) is 2.93. The Balaban J connectivity index is 2.04. The molecule has 0 fully saturated rings. The number of carbonyl (C=O) groups is 2. The zero-order valence-corrected chi connectivity index (χ0v) is 25.6. The molecule has 0 aliphatic heterocycles. The highest BCUT2D eigenvalue weighted by molar-refractivity contribution is 7.92. The SMILES string of the molecule is CCCCNC(=O)C(C)N(Cc1cccc(OC)c1)C(=O)CN(c1cc(C)cc(C)c1)S(=O)(=O)c1ccc(C)cc1. The second-order valence-corrected chi connectivity index (χ2v) is 12.2. The number of unbranched alkanes of at least 4 members (excludes halogenated alkanes) is 1. The third-order valence-corrected chi connectivity index (χ3v) is 8.65. The van der Waals surface area contributed by atoms with Gasteiger partial charge in [0.2, 0.25) is 11.8 Å². The molecule has 0 spiro atoms. The van der Waals surface area contributed by atoms with E-state index in [1.165, 1.54) is 4.90 Å². The van der Waals surface area contributed by atoms with Crippen molar-refractivity contribution in [2.45, 2.75) is 64.9 Å². The highest BCUT2D eigenvalue weighted by atomic mass is 32.2. The highest BCUT2D eigenvalue weighted by Gasteiger charge is 2.32. The quantitative estimate of drug-likeness (QED) is 0.283. The summed E-state index contributed by atoms with van der Waals surface area (Å²) in [5.41, 5.74) is 3.80. The maximum absolute atomic E-state index is 14.1. The molecule has 1 N–H and O–H groups in total. The Labute approximate surface area is 244 Å². The predicted molar refractivity (Wildman–Crippen MR) is 163 cm³/mol. The lowest BCUT2D eigenvalue weighted by molar-refractivity contribution is -0.139. The van der Waals surface area contributed by atoms with Crippen LogP contribution in [0.4, 0.5) is 5.69 Å². The molecular weight excluding hydrogens is 538 g/mol. The number of carbonyl (C=O) groups excluding carboxylic acids is 2. The maximum atomic E-state index is 14.1. The lowest BCUT2D eigenvalue weighted by Gasteiger charge is -2.32. The van der Waals surface area contributed by atoms with E-state index in [1.807, 2.05) is 45.9 Å². The molecule has 2 amide bonds. The van der Waals surface area contributed by atoms with Crippen LogP contribution in [0, 0.1) is 20.8 Å². The Morgan fingerprint density at radius 2 is 1.59 bits per heavy atom. The summed E-state index contributed by atoms with van der Waals surface area (Å²) in [6, 6.07) is 18.4. The summed E-state index contributed by atoms with van der Waals surface area (Å²) in [5.74, 6) is -0.177. The molecule has 3 aromatic carbocycles. The van der Waals surface area contributed by atoms with Crippen LogP contribution in [-0.4, -0.2) is 51.4 Å². The van der Waals surface area contributed by atoms with E-state index in [-0.39, 0.29) is 17.3 Å². The minimum absolute atomic E-state index is 0.0831. The van der Waals surface area contributed by atoms with Gasteiger partial charge in [-0.05, 0) is 87.2 Å². The van der Waals surface area contributed by atoms with Gasteiger partial charge in [0.05, 0.1) is 17.7 Å². The number of nitrogens with one attached hydrogen (secondary N) is 1. The first-order chi connectivity index (χ1) is 19.5. The van der Waals surface area contributed by atoms with E-state index in [2.05, 4.69) is 5.32 Å². The number of hydrogen-bond acceptors (Lipinski definition) is 5. The number of hydrogen-bond donors (Lipinski definition) is 1. The molecule has 0 aromatic heterocycles. The van der Waals surface area contributed by atoms with Gasteiger partial charge in [-0.15, -0.1) is 0 Å². The van der Waals surface area contributed by atoms with Crippen LogP contribution >= 0.6 is 0 Å². The Bertz CT molecular complexity index is 1430. The predicted octanol–water partition coefficient (Wildman–Crippen LogP) is 5.15. The molecule has 220 valence electrons. The van der Waals surface area contributed by atoms with Crippen molar-refractivity contribution in [1.82, 2.24) is 10.2 Å². The number of aryl methyl sites for hydroxylation is 3. The topological polar surface area (TPSA) is 96.0 Å². The molecule has 1 unspecified atom stereocenters. The van der Waals surface area contributed by atoms with Gasteiger partial charge in [0.25, 0.3) is 10.0 Å². The van der Waals surface area contributed by atoms with E-state index in [0.717, 1.165) is 39.4 Å². The van der Waals surface area contributed by atoms with Gasteiger partial charge in [-0.25, -0.2) is 8.42 Å². The third-order valence-electron chi connectivity index (χ3n) is 6.87. The number of anilines is 1. The molecule has 0 heterocycles. The highest BCUT2D eigenvalue weighted by Crippen LogP contribution is 2.27. The van der Waals surface area contributed by atoms with Gasteiger partial charge in [0.1, 0.15) is 18.3 Å². The second kappa shape index (κ2) is 14.2. The Hall–Kier alpha value is -3.85. The number of nitrogens with zero attached hydrogens (tertiary/aromatic N) is 2. The number of rotatable bonds is 13. The molecule has 3 rings (SSSR count). The summed E-state index contributed by atoms with van der Waals surface area (Å²) in [7, 11) is -2.56. The lowest BCUT2D eigenvalue weighted by atomic mass is 10.1. The van der Waals surface area contributed by atoms with Crippen LogP contribution in [-0.2, 0) is 26.2 Å². The number of methoxy groups -OCH3 is 1. The molecule has 3 aromatic rings. The van der Waals surface area contributed by atoms with Crippen LogP contribution in [0.2, 0.25) is 0 Å². The summed E-state index contributed by atoms with van der Waals surface area (Å²) in [6.45, 7) is 9.46. The molecule has 0 aliphatic carbocycles. The molecule has 8 nitrogen and oxygen atoms in total. The molecule has 9 heteroatoms. The fourth-order valence-electron chi connectivity index (χ4n) is 4.55. The van der Waals surface area contributed by atoms with Crippen molar-refractivity contribution in [3.8, 4) is 5.75 Å². The largest absolute Gasteiger partial charge is 0.497 e. The summed E-state index contributed by atoms with van der Waals surface area (Å²) in [5, 5.41) is 2.90. The zero-order chi connectivity index (χ0) is 30.2. The van der Waals surface area contributed by atoms with Crippen LogP contribution in [0.15, 0.2) is 71.6 Å². The van der Waals surface area contributed by atoms with E-state index in [1.54, 1.807) is 62.6 Å². The number of amides is 2. The smallest absolute Gasteiger partial charge is 0.264 e. The van der Waals surface area contributed by atoms with E-state index in [9.17, 15) is 18.0 Å². The van der Waals surface area contributed by atoms with Gasteiger partial charge in [-0.1, -0.05) is 49.2 Å². The second-order valence-electron chi connectivity index (χ2n) is 10.4. The van der Waals surface area contributed by atoms with E-state index in [4.69, 9.17) is 4.74 Å². The Morgan fingerprint density at radius 1 is 0.927 bits per heavy atom. The van der Waals surface area contributed by atoms with Crippen LogP contribution in [0.3, 0.4) is 0 Å². The number of ether oxygens (including phenoxy) is 1. The van der Waals surface area contributed by atoms with Crippen LogP contribution in [0.1, 0.15) is 48.9 Å². The molecule has 1 atom stereocenters. The summed E-state index contributed by atoms with van der Waals surface area (Å²) in [6.07, 6.45) is 1.74. The maximum Gasteiger partial charge on any atom is 0.264 e. The first-order valence-corrected chi connectivity index (χ1v) is 15.3. The Morgan fingerprint density at radius 3 is 2.20 bits per heavy atom. The van der Waals surface area contributed by atoms with E-state index in [0.29, 0.717) is 18.0 Å². The van der Waals surface area contributed by atoms with E-state index >= 15 is 0 Å². The zero-order valence-electron chi connectivity index (χ0n) is 24.8. The number of sulfonamides is 1. The summed E-state index contributed by atoms with van der Waals surface area (Å²) >= 11 is 0. The first kappa shape index (κ1) is 31.7. The van der Waals surface area contributed by atoms with Crippen molar-refractivity contribution in [1.29, 1.82) is 0 Å². The van der Waals surface area contributed by atoms with Gasteiger partial charge >= 0.3 is 0 Å². The third kappa shape index (κ3) is 8.33. The van der Waals surface area contributed by atoms with Crippen LogP contribution < -0.4 is 14.4 Å². The van der Waals surface area contributed by atoms with Gasteiger partial charge in [0.15, 0.2) is 0 Å². The van der Waals surface area contributed by atoms with Crippen molar-refractivity contribution in [3.05, 3.63) is 89.0 Å². The van der Waals surface area contributed by atoms with Crippen molar-refractivity contribution < 1.29 is 22.7 Å². The lowest BCUT2D eigenvalue weighted by Crippen LogP contribution is -2.51. The molecule has 0 radical (unpaired) electrons. The average molecular weight is 580 g/mol. The van der Waals surface area contributed by atoms with Gasteiger partial charge in [0, 0.05) is 13.1 Å². The van der Waals surface area contributed by atoms with Gasteiger partial charge in [-0.2, -0.15) is 0 Å². The standard InChI is InChI=1S/C32H41N3O5S/c1-7-8-16-33-32(37)26(5)34(21-27-10-9-11-29(20-27)40-6)31(36)22-35(28-18-24(3)17-25(4)19-28)41(38,39)30-14-12-23(2)13-15-30/h9-15,17-20,26H,7-8,16,21-22H2,1-6H3,(H,33,37). The van der Waals surface area contributed by atoms with Crippen LogP contribution in [0.25, 0.3) is 0 Å². The molecule has 0 bridgehead atoms. The Kier molecular flexibility index (Phi) is 10.9.